The number of sulfone groups is 1. The number of hydrogen-bond donors (Lipinski definition) is 2. The van der Waals surface area contributed by atoms with Crippen LogP contribution < -0.4 is 10.5 Å². The lowest BCUT2D eigenvalue weighted by Gasteiger charge is -2.07. The molecule has 0 unspecified atom stereocenters. The van der Waals surface area contributed by atoms with E-state index in [1.54, 1.807) is 0 Å². The molecule has 1 aromatic carbocycles. The average Bonchev–Trinajstić information content (AvgIpc) is 2.37. The number of amides is 1. The van der Waals surface area contributed by atoms with Crippen molar-refractivity contribution in [3.8, 4) is 0 Å². The third-order valence-electron chi connectivity index (χ3n) is 2.65. The minimum Gasteiger partial charge on any atom is -0.351 e. The Labute approximate surface area is 122 Å². The zero-order valence-corrected chi connectivity index (χ0v) is 12.8. The Morgan fingerprint density at radius 2 is 1.90 bits per heavy atom. The van der Waals surface area contributed by atoms with E-state index in [4.69, 9.17) is 5.14 Å². The number of primary sulfonamides is 1. The predicted molar refractivity (Wildman–Crippen MR) is 74.4 cm³/mol. The Bertz CT molecular complexity index is 744. The quantitative estimate of drug-likeness (QED) is 0.733. The second-order valence-corrected chi connectivity index (χ2v) is 8.21. The van der Waals surface area contributed by atoms with Crippen LogP contribution in [0.15, 0.2) is 23.1 Å². The van der Waals surface area contributed by atoms with Crippen LogP contribution in [-0.2, 0) is 19.9 Å². The van der Waals surface area contributed by atoms with Crippen molar-refractivity contribution in [1.29, 1.82) is 0 Å². The molecular weight excluding hydrogens is 323 g/mol. The lowest BCUT2D eigenvalue weighted by molar-refractivity contribution is 0.0952. The van der Waals surface area contributed by atoms with Gasteiger partial charge in [0.1, 0.15) is 5.82 Å². The summed E-state index contributed by atoms with van der Waals surface area (Å²) in [7, 11) is -7.33. The highest BCUT2D eigenvalue weighted by atomic mass is 32.2. The van der Waals surface area contributed by atoms with E-state index in [1.165, 1.54) is 6.92 Å². The molecular formula is C11H15FN2O5S2. The summed E-state index contributed by atoms with van der Waals surface area (Å²) in [5.74, 6) is -2.20. The van der Waals surface area contributed by atoms with Gasteiger partial charge in [0, 0.05) is 12.3 Å². The first kappa shape index (κ1) is 17.5. The number of carbonyl (C=O) groups excluding carboxylic acids is 1. The number of halogens is 1. The van der Waals surface area contributed by atoms with Crippen molar-refractivity contribution in [2.45, 2.75) is 11.8 Å². The molecule has 0 aromatic heterocycles. The first-order valence-electron chi connectivity index (χ1n) is 5.88. The smallest absolute Gasteiger partial charge is 0.254 e. The summed E-state index contributed by atoms with van der Waals surface area (Å²) in [5, 5.41) is 7.11. The van der Waals surface area contributed by atoms with Crippen molar-refractivity contribution in [2.24, 2.45) is 5.14 Å². The molecule has 0 heterocycles. The van der Waals surface area contributed by atoms with E-state index < -0.39 is 42.0 Å². The van der Waals surface area contributed by atoms with E-state index in [0.717, 1.165) is 18.2 Å². The van der Waals surface area contributed by atoms with Gasteiger partial charge >= 0.3 is 0 Å². The number of hydrogen-bond acceptors (Lipinski definition) is 5. The normalized spacial score (nSPS) is 12.1. The van der Waals surface area contributed by atoms with E-state index in [2.05, 4.69) is 5.32 Å². The second-order valence-electron chi connectivity index (χ2n) is 4.18. The molecule has 0 radical (unpaired) electrons. The van der Waals surface area contributed by atoms with E-state index >= 15 is 0 Å². The highest BCUT2D eigenvalue weighted by Gasteiger charge is 2.17. The van der Waals surface area contributed by atoms with E-state index in [9.17, 15) is 26.0 Å². The molecule has 10 heteroatoms. The molecule has 0 spiro atoms. The highest BCUT2D eigenvalue weighted by molar-refractivity contribution is 7.91. The number of nitrogens with two attached hydrogens (primary N) is 1. The monoisotopic (exact) mass is 338 g/mol. The van der Waals surface area contributed by atoms with Crippen LogP contribution in [0.1, 0.15) is 17.3 Å². The van der Waals surface area contributed by atoms with Crippen LogP contribution in [0.2, 0.25) is 0 Å². The molecule has 118 valence electrons. The molecule has 1 aromatic rings. The first-order valence-corrected chi connectivity index (χ1v) is 9.24. The van der Waals surface area contributed by atoms with Crippen molar-refractivity contribution in [1.82, 2.24) is 5.32 Å². The van der Waals surface area contributed by atoms with Gasteiger partial charge in [0.05, 0.1) is 16.2 Å². The van der Waals surface area contributed by atoms with Crippen molar-refractivity contribution in [2.75, 3.05) is 18.1 Å². The van der Waals surface area contributed by atoms with Gasteiger partial charge < -0.3 is 5.32 Å². The molecule has 0 bridgehead atoms. The van der Waals surface area contributed by atoms with Gasteiger partial charge in [0.15, 0.2) is 9.84 Å². The summed E-state index contributed by atoms with van der Waals surface area (Å²) in [6, 6.07) is 2.54. The van der Waals surface area contributed by atoms with Crippen LogP contribution in [-0.4, -0.2) is 40.8 Å². The topological polar surface area (TPSA) is 123 Å². The third-order valence-corrected chi connectivity index (χ3v) is 5.27. The number of carbonyl (C=O) groups is 1. The van der Waals surface area contributed by atoms with Gasteiger partial charge in [-0.05, 0) is 18.2 Å². The first-order chi connectivity index (χ1) is 9.57. The number of sulfonamides is 1. The Morgan fingerprint density at radius 3 is 2.43 bits per heavy atom. The molecule has 0 fully saturated rings. The molecule has 0 saturated heterocycles. The van der Waals surface area contributed by atoms with Gasteiger partial charge in [-0.3, -0.25) is 4.79 Å². The Hall–Kier alpha value is -1.52. The predicted octanol–water partition coefficient (Wildman–Crippen LogP) is -0.362. The van der Waals surface area contributed by atoms with Crippen LogP contribution in [0.5, 0.6) is 0 Å². The van der Waals surface area contributed by atoms with Gasteiger partial charge in [-0.25, -0.2) is 26.4 Å². The zero-order chi connectivity index (χ0) is 16.3. The molecule has 1 amide bonds. The summed E-state index contributed by atoms with van der Waals surface area (Å²) < 4.78 is 58.3. The number of benzene rings is 1. The standard InChI is InChI=1S/C11H15FN2O5S2/c1-2-20(16,17)6-5-14-11(15)9-7-8(21(13,18)19)3-4-10(9)12/h3-4,7H,2,5-6H2,1H3,(H,14,15)(H2,13,18,19). The largest absolute Gasteiger partial charge is 0.351 e. The Balaban J connectivity index is 2.88. The van der Waals surface area contributed by atoms with E-state index in [0.29, 0.717) is 0 Å². The van der Waals surface area contributed by atoms with Crippen molar-refractivity contribution in [3.63, 3.8) is 0 Å². The average molecular weight is 338 g/mol. The second kappa shape index (κ2) is 6.50. The molecule has 0 atom stereocenters. The van der Waals surface area contributed by atoms with Crippen LogP contribution in [0.25, 0.3) is 0 Å². The summed E-state index contributed by atoms with van der Waals surface area (Å²) in [6.07, 6.45) is 0. The molecule has 21 heavy (non-hydrogen) atoms. The summed E-state index contributed by atoms with van der Waals surface area (Å²) in [6.45, 7) is 1.26. The molecule has 0 aliphatic heterocycles. The summed E-state index contributed by atoms with van der Waals surface area (Å²) in [5.41, 5.74) is -0.518. The third kappa shape index (κ3) is 5.06. The van der Waals surface area contributed by atoms with Crippen LogP contribution in [0, 0.1) is 5.82 Å². The minimum absolute atomic E-state index is 0.0713. The van der Waals surface area contributed by atoms with Crippen molar-refractivity contribution >= 4 is 25.8 Å². The van der Waals surface area contributed by atoms with Gasteiger partial charge in [0.25, 0.3) is 5.91 Å². The lowest BCUT2D eigenvalue weighted by atomic mass is 10.2. The van der Waals surface area contributed by atoms with Crippen LogP contribution in [0.4, 0.5) is 4.39 Å². The maximum Gasteiger partial charge on any atom is 0.254 e. The molecule has 0 aliphatic rings. The summed E-state index contributed by atoms with van der Waals surface area (Å²) in [4.78, 5) is 11.3. The van der Waals surface area contributed by atoms with Gasteiger partial charge in [-0.2, -0.15) is 0 Å². The van der Waals surface area contributed by atoms with E-state index in [-0.39, 0.29) is 18.1 Å². The zero-order valence-electron chi connectivity index (χ0n) is 11.2. The fourth-order valence-corrected chi connectivity index (χ4v) is 2.66. The molecule has 0 aliphatic carbocycles. The highest BCUT2D eigenvalue weighted by Crippen LogP contribution is 2.13. The maximum atomic E-state index is 13.5. The van der Waals surface area contributed by atoms with Crippen LogP contribution in [0.3, 0.4) is 0 Å². The van der Waals surface area contributed by atoms with Crippen molar-refractivity contribution in [3.05, 3.63) is 29.6 Å². The molecule has 0 saturated carbocycles. The molecule has 3 N–H and O–H groups in total. The van der Waals surface area contributed by atoms with E-state index in [1.807, 2.05) is 0 Å². The minimum atomic E-state index is -4.07. The summed E-state index contributed by atoms with van der Waals surface area (Å²) >= 11 is 0. The fraction of sp³-hybridized carbons (Fsp3) is 0.364. The number of rotatable bonds is 6. The molecule has 1 rings (SSSR count). The SMILES string of the molecule is CCS(=O)(=O)CCNC(=O)c1cc(S(N)(=O)=O)ccc1F. The van der Waals surface area contributed by atoms with Gasteiger partial charge in [-0.15, -0.1) is 0 Å². The maximum absolute atomic E-state index is 13.5. The van der Waals surface area contributed by atoms with Gasteiger partial charge in [-0.1, -0.05) is 6.92 Å². The van der Waals surface area contributed by atoms with Gasteiger partial charge in [0.2, 0.25) is 10.0 Å². The molecule has 7 nitrogen and oxygen atoms in total. The Kier molecular flexibility index (Phi) is 5.42. The fourth-order valence-electron chi connectivity index (χ4n) is 1.41. The van der Waals surface area contributed by atoms with Crippen molar-refractivity contribution < 1.29 is 26.0 Å². The Morgan fingerprint density at radius 1 is 1.29 bits per heavy atom. The lowest BCUT2D eigenvalue weighted by Crippen LogP contribution is -2.30. The number of nitrogens with one attached hydrogen (secondary N) is 1. The van der Waals surface area contributed by atoms with Crippen LogP contribution >= 0.6 is 0 Å².